The van der Waals surface area contributed by atoms with Crippen molar-refractivity contribution < 1.29 is 18.9 Å². The van der Waals surface area contributed by atoms with Crippen molar-refractivity contribution in [2.75, 3.05) is 0 Å². The number of halogens is 1. The Kier molecular flexibility index (Phi) is 4.33. The quantitative estimate of drug-likeness (QED) is 0.647. The molecule has 0 aliphatic rings. The molecule has 0 saturated heterocycles. The lowest BCUT2D eigenvalue weighted by Crippen LogP contribution is -2.41. The Morgan fingerprint density at radius 2 is 1.67 bits per heavy atom. The van der Waals surface area contributed by atoms with E-state index in [4.69, 9.17) is 4.42 Å². The summed E-state index contributed by atoms with van der Waals surface area (Å²) in [6, 6.07) is 7.91. The highest BCUT2D eigenvalue weighted by Gasteiger charge is 2.13. The lowest BCUT2D eigenvalue weighted by atomic mass is 10.2. The van der Waals surface area contributed by atoms with Gasteiger partial charge in [-0.05, 0) is 40.2 Å². The van der Waals surface area contributed by atoms with E-state index in [9.17, 15) is 19.7 Å². The van der Waals surface area contributed by atoms with Crippen molar-refractivity contribution in [1.29, 1.82) is 0 Å². The largest absolute Gasteiger partial charge is 0.444 e. The molecule has 0 aliphatic heterocycles. The molecule has 1 heterocycles. The summed E-state index contributed by atoms with van der Waals surface area (Å²) in [6.45, 7) is 0. The van der Waals surface area contributed by atoms with Crippen molar-refractivity contribution in [3.8, 4) is 0 Å². The van der Waals surface area contributed by atoms with Crippen LogP contribution in [0.3, 0.4) is 0 Å². The van der Waals surface area contributed by atoms with Crippen LogP contribution >= 0.6 is 15.9 Å². The van der Waals surface area contributed by atoms with Gasteiger partial charge in [-0.15, -0.1) is 0 Å². The zero-order chi connectivity index (χ0) is 15.4. The maximum atomic E-state index is 11.7. The summed E-state index contributed by atoms with van der Waals surface area (Å²) in [5, 5.41) is 10.5. The molecule has 2 amide bonds. The number of hydrogen-bond donors (Lipinski definition) is 2. The highest BCUT2D eigenvalue weighted by molar-refractivity contribution is 9.10. The number of hydrazine groups is 1. The lowest BCUT2D eigenvalue weighted by Gasteiger charge is -2.05. The number of carbonyl (C=O) groups excluding carboxylic acids is 2. The van der Waals surface area contributed by atoms with Gasteiger partial charge in [-0.3, -0.25) is 30.6 Å². The molecule has 2 N–H and O–H groups in total. The van der Waals surface area contributed by atoms with E-state index in [0.29, 0.717) is 4.67 Å². The van der Waals surface area contributed by atoms with Crippen molar-refractivity contribution in [2.24, 2.45) is 0 Å². The van der Waals surface area contributed by atoms with Crippen LogP contribution in [-0.4, -0.2) is 16.7 Å². The summed E-state index contributed by atoms with van der Waals surface area (Å²) >= 11 is 3.05. The Morgan fingerprint density at radius 1 is 1.05 bits per heavy atom. The van der Waals surface area contributed by atoms with Crippen LogP contribution in [0.4, 0.5) is 5.69 Å². The third-order valence-corrected chi connectivity index (χ3v) is 2.85. The second-order valence-electron chi connectivity index (χ2n) is 3.82. The molecule has 21 heavy (non-hydrogen) atoms. The van der Waals surface area contributed by atoms with Crippen molar-refractivity contribution >= 4 is 33.4 Å². The highest BCUT2D eigenvalue weighted by atomic mass is 79.9. The average Bonchev–Trinajstić information content (AvgIpc) is 2.91. The molecule has 0 radical (unpaired) electrons. The van der Waals surface area contributed by atoms with Gasteiger partial charge >= 0.3 is 5.91 Å². The number of amides is 2. The van der Waals surface area contributed by atoms with Crippen molar-refractivity contribution in [3.05, 3.63) is 62.5 Å². The van der Waals surface area contributed by atoms with Crippen molar-refractivity contribution in [2.45, 2.75) is 0 Å². The van der Waals surface area contributed by atoms with Gasteiger partial charge in [-0.2, -0.15) is 0 Å². The van der Waals surface area contributed by atoms with E-state index in [1.807, 2.05) is 0 Å². The minimum absolute atomic E-state index is 0.0193. The predicted molar refractivity (Wildman–Crippen MR) is 74.4 cm³/mol. The van der Waals surface area contributed by atoms with Crippen LogP contribution in [0.5, 0.6) is 0 Å². The number of rotatable bonds is 3. The molecule has 1 aromatic heterocycles. The molecular formula is C12H8BrN3O5. The average molecular weight is 354 g/mol. The number of hydrogen-bond acceptors (Lipinski definition) is 5. The first-order valence-corrected chi connectivity index (χ1v) is 6.37. The van der Waals surface area contributed by atoms with Gasteiger partial charge < -0.3 is 4.42 Å². The Bertz CT molecular complexity index is 695. The first-order valence-electron chi connectivity index (χ1n) is 5.58. The third kappa shape index (κ3) is 3.66. The SMILES string of the molecule is O=C(NNC(=O)c1ccc(Br)o1)c1ccc([N+](=O)[O-])cc1. The minimum Gasteiger partial charge on any atom is -0.444 e. The Hall–Kier alpha value is -2.68. The fraction of sp³-hybridized carbons (Fsp3) is 0. The van der Waals surface area contributed by atoms with Gasteiger partial charge in [0.2, 0.25) is 0 Å². The Labute approximate surface area is 126 Å². The van der Waals surface area contributed by atoms with E-state index >= 15 is 0 Å². The third-order valence-electron chi connectivity index (χ3n) is 2.43. The van der Waals surface area contributed by atoms with E-state index in [-0.39, 0.29) is 17.0 Å². The predicted octanol–water partition coefficient (Wildman–Crippen LogP) is 2.03. The van der Waals surface area contributed by atoms with Crippen LogP contribution in [0.15, 0.2) is 45.5 Å². The van der Waals surface area contributed by atoms with Gasteiger partial charge in [0.25, 0.3) is 11.6 Å². The second kappa shape index (κ2) is 6.18. The van der Waals surface area contributed by atoms with Gasteiger partial charge in [0.1, 0.15) is 0 Å². The van der Waals surface area contributed by atoms with E-state index in [2.05, 4.69) is 26.8 Å². The molecule has 0 unspecified atom stereocenters. The van der Waals surface area contributed by atoms with Crippen molar-refractivity contribution in [1.82, 2.24) is 10.9 Å². The van der Waals surface area contributed by atoms with E-state index in [1.54, 1.807) is 0 Å². The second-order valence-corrected chi connectivity index (χ2v) is 4.60. The van der Waals surface area contributed by atoms with E-state index in [1.165, 1.54) is 36.4 Å². The van der Waals surface area contributed by atoms with Crippen LogP contribution < -0.4 is 10.9 Å². The Morgan fingerprint density at radius 3 is 2.19 bits per heavy atom. The number of carbonyl (C=O) groups is 2. The standard InChI is InChI=1S/C12H8BrN3O5/c13-10-6-5-9(21-10)12(18)15-14-11(17)7-1-3-8(4-2-7)16(19)20/h1-6H,(H,14,17)(H,15,18). The monoisotopic (exact) mass is 353 g/mol. The van der Waals surface area contributed by atoms with Gasteiger partial charge in [-0.1, -0.05) is 0 Å². The minimum atomic E-state index is -0.629. The number of furan rings is 1. The first-order chi connectivity index (χ1) is 9.97. The fourth-order valence-corrected chi connectivity index (χ4v) is 1.72. The molecule has 0 atom stereocenters. The summed E-state index contributed by atoms with van der Waals surface area (Å²) in [4.78, 5) is 33.3. The van der Waals surface area contributed by atoms with Crippen molar-refractivity contribution in [3.63, 3.8) is 0 Å². The normalized spacial score (nSPS) is 9.95. The molecule has 0 fully saturated rings. The summed E-state index contributed by atoms with van der Waals surface area (Å²) in [7, 11) is 0. The van der Waals surface area contributed by atoms with E-state index in [0.717, 1.165) is 0 Å². The van der Waals surface area contributed by atoms with Crippen LogP contribution in [-0.2, 0) is 0 Å². The molecular weight excluding hydrogens is 346 g/mol. The van der Waals surface area contributed by atoms with Gasteiger partial charge in [0.15, 0.2) is 10.4 Å². The highest BCUT2D eigenvalue weighted by Crippen LogP contribution is 2.14. The number of nitrogens with zero attached hydrogens (tertiary/aromatic N) is 1. The first kappa shape index (κ1) is 14.7. The number of benzene rings is 1. The number of nitrogens with one attached hydrogen (secondary N) is 2. The molecule has 2 rings (SSSR count). The fourth-order valence-electron chi connectivity index (χ4n) is 1.42. The molecule has 0 bridgehead atoms. The summed E-state index contributed by atoms with van der Waals surface area (Å²) in [6.07, 6.45) is 0. The zero-order valence-electron chi connectivity index (χ0n) is 10.3. The number of non-ortho nitro benzene ring substituents is 1. The van der Waals surface area contributed by atoms with Gasteiger partial charge in [0, 0.05) is 17.7 Å². The number of nitro groups is 1. The van der Waals surface area contributed by atoms with Crippen LogP contribution in [0.25, 0.3) is 0 Å². The molecule has 9 heteroatoms. The molecule has 8 nitrogen and oxygen atoms in total. The zero-order valence-corrected chi connectivity index (χ0v) is 11.9. The molecule has 108 valence electrons. The van der Waals surface area contributed by atoms with Crippen LogP contribution in [0.2, 0.25) is 0 Å². The summed E-state index contributed by atoms with van der Waals surface area (Å²) in [5.41, 5.74) is 4.37. The molecule has 0 spiro atoms. The van der Waals surface area contributed by atoms with Crippen LogP contribution in [0, 0.1) is 10.1 Å². The molecule has 1 aromatic carbocycles. The molecule has 0 aliphatic carbocycles. The summed E-state index contributed by atoms with van der Waals surface area (Å²) < 4.78 is 5.39. The molecule has 2 aromatic rings. The maximum absolute atomic E-state index is 11.7. The smallest absolute Gasteiger partial charge is 0.305 e. The van der Waals surface area contributed by atoms with Crippen LogP contribution in [0.1, 0.15) is 20.9 Å². The van der Waals surface area contributed by atoms with E-state index < -0.39 is 16.7 Å². The summed E-state index contributed by atoms with van der Waals surface area (Å²) in [5.74, 6) is -1.22. The topological polar surface area (TPSA) is 114 Å². The van der Waals surface area contributed by atoms with Gasteiger partial charge in [0.05, 0.1) is 4.92 Å². The number of nitro benzene ring substituents is 1. The van der Waals surface area contributed by atoms with Gasteiger partial charge in [-0.25, -0.2) is 0 Å². The lowest BCUT2D eigenvalue weighted by molar-refractivity contribution is -0.384. The Balaban J connectivity index is 1.95. The maximum Gasteiger partial charge on any atom is 0.305 e. The molecule has 0 saturated carbocycles.